The Hall–Kier alpha value is -2.93. The van der Waals surface area contributed by atoms with Crippen LogP contribution in [0.5, 0.6) is 0 Å². The maximum Gasteiger partial charge on any atom is 0.416 e. The molecule has 1 aliphatic heterocycles. The van der Waals surface area contributed by atoms with E-state index < -0.39 is 43.1 Å². The lowest BCUT2D eigenvalue weighted by molar-refractivity contribution is -0.142. The van der Waals surface area contributed by atoms with Crippen LogP contribution in [0.1, 0.15) is 55.4 Å². The highest BCUT2D eigenvalue weighted by Gasteiger charge is 2.52. The van der Waals surface area contributed by atoms with Crippen molar-refractivity contribution in [2.45, 2.75) is 54.8 Å². The molecule has 2 aromatic rings. The van der Waals surface area contributed by atoms with Crippen molar-refractivity contribution in [2.24, 2.45) is 5.73 Å². The number of aliphatic carboxylic acids is 1. The average Bonchev–Trinajstić information content (AvgIpc) is 3.25. The lowest BCUT2D eigenvalue weighted by Gasteiger charge is -2.32. The van der Waals surface area contributed by atoms with E-state index in [1.54, 1.807) is 6.07 Å². The van der Waals surface area contributed by atoms with Crippen molar-refractivity contribution in [2.75, 3.05) is 13.2 Å². The summed E-state index contributed by atoms with van der Waals surface area (Å²) in [5.74, 6) is -1.42. The molecule has 1 aromatic carbocycles. The number of aromatic nitrogens is 1. The first-order valence-corrected chi connectivity index (χ1v) is 11.5. The van der Waals surface area contributed by atoms with Gasteiger partial charge in [0.1, 0.15) is 5.76 Å². The number of carboxylic acids is 1. The first-order valence-electron chi connectivity index (χ1n) is 10.0. The number of carbonyl (C=O) groups is 2. The number of sulfone groups is 1. The number of alkyl halides is 3. The minimum Gasteiger partial charge on any atom is -0.480 e. The number of nitrogens with zero attached hydrogens (tertiary/aromatic N) is 1. The Morgan fingerprint density at radius 3 is 1.97 bits per heavy atom. The first-order chi connectivity index (χ1) is 15.5. The minimum absolute atomic E-state index is 0.0356. The molecule has 1 fully saturated rings. The zero-order chi connectivity index (χ0) is 25.9. The molecule has 1 amide bonds. The van der Waals surface area contributed by atoms with Crippen LogP contribution in [0.4, 0.5) is 13.2 Å². The fourth-order valence-electron chi connectivity index (χ4n) is 3.09. The molecule has 9 nitrogen and oxygen atoms in total. The zero-order valence-electron chi connectivity index (χ0n) is 18.7. The van der Waals surface area contributed by atoms with Crippen LogP contribution in [0.3, 0.4) is 0 Å². The molecule has 3 rings (SSSR count). The number of rotatable bonds is 4. The molecule has 13 heteroatoms. The van der Waals surface area contributed by atoms with Crippen LogP contribution in [0.15, 0.2) is 39.8 Å². The molecule has 1 aromatic heterocycles. The number of carbonyl (C=O) groups excluding carboxylic acids is 1. The van der Waals surface area contributed by atoms with E-state index in [0.29, 0.717) is 17.9 Å². The lowest BCUT2D eigenvalue weighted by atomic mass is 9.93. The monoisotopic (exact) mass is 506 g/mol. The number of nitrogens with two attached hydrogens (primary N) is 1. The van der Waals surface area contributed by atoms with Crippen LogP contribution in [0, 0.1) is 0 Å². The number of hydrogen-bond donors (Lipinski definition) is 2. The summed E-state index contributed by atoms with van der Waals surface area (Å²) in [6.07, 6.45) is -5.08. The Morgan fingerprint density at radius 1 is 1.09 bits per heavy atom. The predicted molar refractivity (Wildman–Crippen MR) is 113 cm³/mol. The van der Waals surface area contributed by atoms with Crippen molar-refractivity contribution < 1.29 is 45.5 Å². The molecule has 3 N–H and O–H groups in total. The van der Waals surface area contributed by atoms with Crippen LogP contribution in [-0.4, -0.2) is 48.5 Å². The molecule has 0 saturated carbocycles. The summed E-state index contributed by atoms with van der Waals surface area (Å²) in [7, 11) is -4.33. The highest BCUT2D eigenvalue weighted by molar-refractivity contribution is 7.93. The number of benzene rings is 1. The fourth-order valence-corrected chi connectivity index (χ4v) is 4.97. The summed E-state index contributed by atoms with van der Waals surface area (Å²) in [5.41, 5.74) is 4.05. The summed E-state index contributed by atoms with van der Waals surface area (Å²) in [4.78, 5) is 21.7. The molecular weight excluding hydrogens is 481 g/mol. The van der Waals surface area contributed by atoms with Crippen molar-refractivity contribution in [3.05, 3.63) is 47.3 Å². The van der Waals surface area contributed by atoms with E-state index in [2.05, 4.69) is 5.16 Å². The van der Waals surface area contributed by atoms with Gasteiger partial charge in [0.05, 0.1) is 10.5 Å². The number of amides is 1. The number of halogens is 3. The highest BCUT2D eigenvalue weighted by Crippen LogP contribution is 2.36. The molecule has 0 unspecified atom stereocenters. The van der Waals surface area contributed by atoms with Crippen LogP contribution in [0.2, 0.25) is 0 Å². The molecule has 0 atom stereocenters. The van der Waals surface area contributed by atoms with Gasteiger partial charge in [0.2, 0.25) is 0 Å². The second-order valence-electron chi connectivity index (χ2n) is 8.63. The quantitative estimate of drug-likeness (QED) is 0.642. The Kier molecular flexibility index (Phi) is 7.83. The normalized spacial score (nSPS) is 16.3. The van der Waals surface area contributed by atoms with Gasteiger partial charge in [0.15, 0.2) is 20.3 Å². The standard InChI is InChI=1S/C13H13F3O5S.C8H12N2O2/c14-13(15,16)9-1-3-10(4-2-9)22(19,20)12(11(17)18)5-7-21-8-6-12;1-8(2,3)6-4-5(7(9)11)10-12-6/h1-4H,5-8H2,(H,17,18);4H,1-3H3,(H2,9,11). The summed E-state index contributed by atoms with van der Waals surface area (Å²) >= 11 is 0. The van der Waals surface area contributed by atoms with E-state index in [1.165, 1.54) is 0 Å². The van der Waals surface area contributed by atoms with Gasteiger partial charge in [0.25, 0.3) is 5.91 Å². The first kappa shape index (κ1) is 27.3. The Balaban J connectivity index is 0.000000287. The second kappa shape index (κ2) is 9.74. The molecule has 0 spiro atoms. The van der Waals surface area contributed by atoms with E-state index in [-0.39, 0.29) is 37.2 Å². The maximum atomic E-state index is 12.6. The molecule has 0 bridgehead atoms. The smallest absolute Gasteiger partial charge is 0.416 e. The van der Waals surface area contributed by atoms with Crippen molar-refractivity contribution in [1.29, 1.82) is 0 Å². The van der Waals surface area contributed by atoms with Gasteiger partial charge in [-0.3, -0.25) is 9.59 Å². The van der Waals surface area contributed by atoms with Gasteiger partial charge in [0, 0.05) is 37.5 Å². The average molecular weight is 506 g/mol. The third kappa shape index (κ3) is 5.76. The molecule has 1 saturated heterocycles. The van der Waals surface area contributed by atoms with E-state index in [4.69, 9.17) is 15.0 Å². The maximum absolute atomic E-state index is 12.6. The molecular formula is C21H25F3N2O7S. The summed E-state index contributed by atoms with van der Waals surface area (Å²) in [6, 6.07) is 4.41. The number of hydrogen-bond acceptors (Lipinski definition) is 7. The van der Waals surface area contributed by atoms with Crippen molar-refractivity contribution in [1.82, 2.24) is 5.16 Å². The number of carboxylic acid groups (broad SMARTS) is 1. The lowest BCUT2D eigenvalue weighted by Crippen LogP contribution is -2.50. The fraction of sp³-hybridized carbons (Fsp3) is 0.476. The van der Waals surface area contributed by atoms with E-state index >= 15 is 0 Å². The summed E-state index contributed by atoms with van der Waals surface area (Å²) in [5, 5.41) is 12.9. The molecule has 34 heavy (non-hydrogen) atoms. The van der Waals surface area contributed by atoms with Crippen molar-refractivity contribution in [3.8, 4) is 0 Å². The molecule has 2 heterocycles. The van der Waals surface area contributed by atoms with Crippen molar-refractivity contribution >= 4 is 21.7 Å². The molecule has 1 aliphatic rings. The predicted octanol–water partition coefficient (Wildman–Crippen LogP) is 3.18. The van der Waals surface area contributed by atoms with E-state index in [1.807, 2.05) is 20.8 Å². The third-order valence-corrected chi connectivity index (χ3v) is 7.70. The van der Waals surface area contributed by atoms with Gasteiger partial charge in [-0.1, -0.05) is 25.9 Å². The van der Waals surface area contributed by atoms with E-state index in [0.717, 1.165) is 12.1 Å². The summed E-state index contributed by atoms with van der Waals surface area (Å²) < 4.78 is 70.6. The Labute approximate surface area is 194 Å². The number of ether oxygens (including phenoxy) is 1. The third-order valence-electron chi connectivity index (χ3n) is 5.20. The zero-order valence-corrected chi connectivity index (χ0v) is 19.5. The van der Waals surface area contributed by atoms with Crippen LogP contribution < -0.4 is 5.73 Å². The second-order valence-corrected chi connectivity index (χ2v) is 10.9. The molecule has 0 radical (unpaired) electrons. The van der Waals surface area contributed by atoms with Crippen LogP contribution in [-0.2, 0) is 31.0 Å². The largest absolute Gasteiger partial charge is 0.480 e. The van der Waals surface area contributed by atoms with Gasteiger partial charge in [-0.15, -0.1) is 0 Å². The van der Waals surface area contributed by atoms with Crippen LogP contribution >= 0.6 is 0 Å². The highest BCUT2D eigenvalue weighted by atomic mass is 32.2. The van der Waals surface area contributed by atoms with Gasteiger partial charge in [-0.25, -0.2) is 8.42 Å². The Morgan fingerprint density at radius 2 is 1.62 bits per heavy atom. The summed E-state index contributed by atoms with van der Waals surface area (Å²) in [6.45, 7) is 5.84. The molecule has 0 aliphatic carbocycles. The van der Waals surface area contributed by atoms with Gasteiger partial charge in [-0.05, 0) is 24.3 Å². The van der Waals surface area contributed by atoms with E-state index in [9.17, 15) is 36.3 Å². The number of primary amides is 1. The Bertz CT molecular complexity index is 1130. The van der Waals surface area contributed by atoms with Crippen molar-refractivity contribution in [3.63, 3.8) is 0 Å². The SMILES string of the molecule is CC(C)(C)c1cc(C(N)=O)no1.O=C(O)C1(S(=O)(=O)c2ccc(C(F)(F)F)cc2)CCOCC1. The van der Waals surface area contributed by atoms with Gasteiger partial charge in [-0.2, -0.15) is 13.2 Å². The molecule has 188 valence electrons. The van der Waals surface area contributed by atoms with Crippen LogP contribution in [0.25, 0.3) is 0 Å². The topological polar surface area (TPSA) is 150 Å². The van der Waals surface area contributed by atoms with Gasteiger partial charge >= 0.3 is 12.1 Å². The van der Waals surface area contributed by atoms with Gasteiger partial charge < -0.3 is 20.1 Å². The minimum atomic E-state index is -4.59.